The second-order valence-electron chi connectivity index (χ2n) is 8.52. The highest BCUT2D eigenvalue weighted by Gasteiger charge is 2.39. The van der Waals surface area contributed by atoms with Gasteiger partial charge >= 0.3 is 0 Å². The van der Waals surface area contributed by atoms with Gasteiger partial charge in [-0.2, -0.15) is 0 Å². The van der Waals surface area contributed by atoms with Crippen LogP contribution in [-0.4, -0.2) is 44.4 Å². The number of hydrogen-bond donors (Lipinski definition) is 1. The maximum absolute atomic E-state index is 13.6. The van der Waals surface area contributed by atoms with Gasteiger partial charge in [0.1, 0.15) is 11.5 Å². The van der Waals surface area contributed by atoms with E-state index in [1.807, 2.05) is 0 Å². The molecule has 1 aliphatic rings. The zero-order chi connectivity index (χ0) is 25.8. The molecule has 4 aromatic rings. The average Bonchev–Trinajstić information content (AvgIpc) is 3.40. The Morgan fingerprint density at radius 3 is 2.22 bits per heavy atom. The molecule has 36 heavy (non-hydrogen) atoms. The van der Waals surface area contributed by atoms with Crippen molar-refractivity contribution >= 4 is 38.4 Å². The Hall–Kier alpha value is -4.18. The lowest BCUT2D eigenvalue weighted by molar-refractivity contribution is 0.0925. The van der Waals surface area contributed by atoms with Gasteiger partial charge in [0.2, 0.25) is 15.0 Å². The largest absolute Gasteiger partial charge is 0.497 e. The lowest BCUT2D eigenvalue weighted by Gasteiger charge is -2.23. The number of fused-ring (bicyclic) bond motifs is 2. The number of anilines is 1. The van der Waals surface area contributed by atoms with E-state index in [1.165, 1.54) is 14.2 Å². The van der Waals surface area contributed by atoms with Gasteiger partial charge in [0.25, 0.3) is 11.8 Å². The summed E-state index contributed by atoms with van der Waals surface area (Å²) in [6.07, 6.45) is 0. The SMILES string of the molecule is COc1ccc2[nH]c(S(=O)(=O)Cc3c(N4C(=O)c5ccccc5C4=O)cc(C)c(OC)c3C)nc2c1. The number of ether oxygens (including phenoxy) is 2. The van der Waals surface area contributed by atoms with Crippen LogP contribution in [0.1, 0.15) is 37.4 Å². The van der Waals surface area contributed by atoms with E-state index in [9.17, 15) is 18.0 Å². The van der Waals surface area contributed by atoms with Crippen molar-refractivity contribution in [2.24, 2.45) is 0 Å². The van der Waals surface area contributed by atoms with Crippen molar-refractivity contribution in [1.29, 1.82) is 0 Å². The number of aromatic nitrogens is 2. The number of H-pyrrole nitrogens is 1. The van der Waals surface area contributed by atoms with Crippen molar-refractivity contribution < 1.29 is 27.5 Å². The van der Waals surface area contributed by atoms with Crippen molar-refractivity contribution in [2.45, 2.75) is 24.8 Å². The molecule has 2 heterocycles. The molecule has 0 saturated carbocycles. The highest BCUT2D eigenvalue weighted by molar-refractivity contribution is 7.90. The second kappa shape index (κ2) is 8.49. The molecule has 0 bridgehead atoms. The highest BCUT2D eigenvalue weighted by atomic mass is 32.2. The maximum Gasteiger partial charge on any atom is 0.266 e. The fourth-order valence-electron chi connectivity index (χ4n) is 4.58. The molecule has 10 heteroatoms. The summed E-state index contributed by atoms with van der Waals surface area (Å²) in [5.74, 6) is -0.488. The Labute approximate surface area is 207 Å². The number of methoxy groups -OCH3 is 2. The Bertz CT molecular complexity index is 1640. The summed E-state index contributed by atoms with van der Waals surface area (Å²) in [5, 5.41) is -0.224. The van der Waals surface area contributed by atoms with Gasteiger partial charge in [0.05, 0.1) is 47.8 Å². The van der Waals surface area contributed by atoms with Crippen LogP contribution in [0.15, 0.2) is 53.7 Å². The van der Waals surface area contributed by atoms with Crippen LogP contribution >= 0.6 is 0 Å². The van der Waals surface area contributed by atoms with Gasteiger partial charge in [-0.15, -0.1) is 0 Å². The summed E-state index contributed by atoms with van der Waals surface area (Å²) in [6, 6.07) is 13.2. The number of carbonyl (C=O) groups is 2. The highest BCUT2D eigenvalue weighted by Crippen LogP contribution is 2.39. The fraction of sp³-hybridized carbons (Fsp3) is 0.192. The molecule has 0 atom stereocenters. The standard InChI is InChI=1S/C26H23N3O6S/c1-14-11-22(29-24(30)17-7-5-6-8-18(17)25(29)31)19(15(2)23(14)35-4)13-36(32,33)26-27-20-10-9-16(34-3)12-21(20)28-26/h5-12H,13H2,1-4H3,(H,27,28). The third-order valence-corrected chi connectivity index (χ3v) is 7.80. The molecule has 0 fully saturated rings. The molecule has 0 saturated heterocycles. The van der Waals surface area contributed by atoms with Crippen LogP contribution in [0.5, 0.6) is 11.5 Å². The monoisotopic (exact) mass is 505 g/mol. The van der Waals surface area contributed by atoms with Gasteiger partial charge in [-0.3, -0.25) is 9.59 Å². The quantitative estimate of drug-likeness (QED) is 0.394. The minimum atomic E-state index is -4.02. The zero-order valence-corrected chi connectivity index (χ0v) is 20.9. The van der Waals surface area contributed by atoms with Crippen molar-refractivity contribution in [3.63, 3.8) is 0 Å². The van der Waals surface area contributed by atoms with E-state index < -0.39 is 27.4 Å². The number of nitrogens with one attached hydrogen (secondary N) is 1. The topological polar surface area (TPSA) is 119 Å². The number of aromatic amines is 1. The molecule has 184 valence electrons. The first-order valence-electron chi connectivity index (χ1n) is 11.1. The number of sulfone groups is 1. The number of aryl methyl sites for hydroxylation is 1. The molecule has 5 rings (SSSR count). The Morgan fingerprint density at radius 1 is 0.944 bits per heavy atom. The molecule has 0 radical (unpaired) electrons. The van der Waals surface area contributed by atoms with Crippen molar-refractivity contribution in [3.8, 4) is 11.5 Å². The minimum Gasteiger partial charge on any atom is -0.497 e. The third-order valence-electron chi connectivity index (χ3n) is 6.35. The van der Waals surface area contributed by atoms with Crippen LogP contribution in [-0.2, 0) is 15.6 Å². The Morgan fingerprint density at radius 2 is 1.61 bits per heavy atom. The lowest BCUT2D eigenvalue weighted by Crippen LogP contribution is -2.31. The second-order valence-corrected chi connectivity index (χ2v) is 10.4. The van der Waals surface area contributed by atoms with E-state index in [1.54, 1.807) is 62.4 Å². The van der Waals surface area contributed by atoms with Crippen LogP contribution in [0.25, 0.3) is 11.0 Å². The lowest BCUT2D eigenvalue weighted by atomic mass is 10.0. The number of hydrogen-bond acceptors (Lipinski definition) is 7. The summed E-state index contributed by atoms with van der Waals surface area (Å²) >= 11 is 0. The number of imide groups is 1. The fourth-order valence-corrected chi connectivity index (χ4v) is 5.97. The van der Waals surface area contributed by atoms with Gasteiger partial charge in [-0.1, -0.05) is 12.1 Å². The number of amides is 2. The van der Waals surface area contributed by atoms with E-state index >= 15 is 0 Å². The normalized spacial score (nSPS) is 13.4. The Balaban J connectivity index is 1.64. The summed E-state index contributed by atoms with van der Waals surface area (Å²) < 4.78 is 37.8. The number of rotatable bonds is 6. The van der Waals surface area contributed by atoms with E-state index in [2.05, 4.69) is 9.97 Å². The summed E-state index contributed by atoms with van der Waals surface area (Å²) in [6.45, 7) is 3.49. The molecular weight excluding hydrogens is 482 g/mol. The summed E-state index contributed by atoms with van der Waals surface area (Å²) in [4.78, 5) is 34.6. The van der Waals surface area contributed by atoms with Crippen molar-refractivity contribution in [3.05, 3.63) is 76.3 Å². The van der Waals surface area contributed by atoms with E-state index in [0.717, 1.165) is 4.90 Å². The molecule has 3 aromatic carbocycles. The van der Waals surface area contributed by atoms with E-state index in [-0.39, 0.29) is 27.5 Å². The van der Waals surface area contributed by atoms with Crippen molar-refractivity contribution in [1.82, 2.24) is 9.97 Å². The van der Waals surface area contributed by atoms with Crippen molar-refractivity contribution in [2.75, 3.05) is 19.1 Å². The van der Waals surface area contributed by atoms with Gasteiger partial charge in [0, 0.05) is 6.07 Å². The predicted molar refractivity (Wildman–Crippen MR) is 134 cm³/mol. The molecule has 1 N–H and O–H groups in total. The first kappa shape index (κ1) is 23.6. The number of benzene rings is 3. The van der Waals surface area contributed by atoms with E-state index in [4.69, 9.17) is 9.47 Å². The number of carbonyl (C=O) groups excluding carboxylic acids is 2. The molecule has 0 unspecified atom stereocenters. The third kappa shape index (κ3) is 3.61. The minimum absolute atomic E-state index is 0.207. The van der Waals surface area contributed by atoms with Gasteiger partial charge in [0.15, 0.2) is 0 Å². The summed E-state index contributed by atoms with van der Waals surface area (Å²) in [5.41, 5.74) is 3.19. The number of imidazole rings is 1. The molecule has 2 amide bonds. The Kier molecular flexibility index (Phi) is 5.55. The van der Waals surface area contributed by atoms with E-state index in [0.29, 0.717) is 33.7 Å². The van der Waals surface area contributed by atoms with Crippen LogP contribution < -0.4 is 14.4 Å². The number of nitrogens with zero attached hydrogens (tertiary/aromatic N) is 2. The first-order valence-corrected chi connectivity index (χ1v) is 12.7. The van der Waals surface area contributed by atoms with Crippen LogP contribution in [0.2, 0.25) is 0 Å². The van der Waals surface area contributed by atoms with Crippen LogP contribution in [0, 0.1) is 13.8 Å². The first-order chi connectivity index (χ1) is 17.2. The molecule has 0 aliphatic carbocycles. The molecule has 9 nitrogen and oxygen atoms in total. The zero-order valence-electron chi connectivity index (χ0n) is 20.1. The molecular formula is C26H23N3O6S. The molecule has 1 aromatic heterocycles. The van der Waals surface area contributed by atoms with Gasteiger partial charge in [-0.05, 0) is 60.9 Å². The summed E-state index contributed by atoms with van der Waals surface area (Å²) in [7, 11) is -1.02. The smallest absolute Gasteiger partial charge is 0.266 e. The van der Waals surface area contributed by atoms with Crippen LogP contribution in [0.4, 0.5) is 5.69 Å². The van der Waals surface area contributed by atoms with Crippen LogP contribution in [0.3, 0.4) is 0 Å². The maximum atomic E-state index is 13.6. The van der Waals surface area contributed by atoms with Gasteiger partial charge < -0.3 is 14.5 Å². The molecule has 0 spiro atoms. The predicted octanol–water partition coefficient (Wildman–Crippen LogP) is 3.97. The average molecular weight is 506 g/mol. The van der Waals surface area contributed by atoms with Gasteiger partial charge in [-0.25, -0.2) is 18.3 Å². The molecule has 1 aliphatic heterocycles.